The van der Waals surface area contributed by atoms with E-state index in [1.54, 1.807) is 0 Å². The van der Waals surface area contributed by atoms with E-state index in [1.807, 2.05) is 0 Å². The van der Waals surface area contributed by atoms with Crippen LogP contribution in [0.1, 0.15) is 25.7 Å². The van der Waals surface area contributed by atoms with Crippen molar-refractivity contribution in [1.82, 2.24) is 0 Å². The van der Waals surface area contributed by atoms with Gasteiger partial charge in [-0.3, -0.25) is 19.2 Å². The molecule has 0 aromatic rings. The molecule has 0 N–H and O–H groups in total. The summed E-state index contributed by atoms with van der Waals surface area (Å²) in [7, 11) is 0. The highest BCUT2D eigenvalue weighted by Gasteiger charge is 2.47. The summed E-state index contributed by atoms with van der Waals surface area (Å²) in [6.07, 6.45) is 5.29. The zero-order chi connectivity index (χ0) is 12.9. The van der Waals surface area contributed by atoms with Gasteiger partial charge < -0.3 is 0 Å². The summed E-state index contributed by atoms with van der Waals surface area (Å²) in [4.78, 5) is 48.0. The first-order valence-electron chi connectivity index (χ1n) is 6.20. The van der Waals surface area contributed by atoms with Crippen molar-refractivity contribution in [1.29, 1.82) is 0 Å². The molecule has 4 heteroatoms. The van der Waals surface area contributed by atoms with Crippen LogP contribution in [0.15, 0.2) is 23.3 Å². The second-order valence-corrected chi connectivity index (χ2v) is 5.04. The van der Waals surface area contributed by atoms with Gasteiger partial charge in [0.25, 0.3) is 0 Å². The Hall–Kier alpha value is -1.84. The van der Waals surface area contributed by atoms with Crippen molar-refractivity contribution in [2.45, 2.75) is 25.7 Å². The van der Waals surface area contributed by atoms with Crippen LogP contribution >= 0.6 is 0 Å². The number of carbonyl (C=O) groups is 4. The van der Waals surface area contributed by atoms with Gasteiger partial charge in [-0.2, -0.15) is 0 Å². The molecule has 0 saturated heterocycles. The van der Waals surface area contributed by atoms with Crippen molar-refractivity contribution in [3.63, 3.8) is 0 Å². The minimum atomic E-state index is -0.494. The molecule has 1 fully saturated rings. The van der Waals surface area contributed by atoms with Crippen LogP contribution in [0.3, 0.4) is 0 Å². The molecule has 0 aromatic heterocycles. The maximum absolute atomic E-state index is 12.3. The molecule has 4 nitrogen and oxygen atoms in total. The summed E-state index contributed by atoms with van der Waals surface area (Å²) in [6, 6.07) is 0. The second kappa shape index (κ2) is 3.83. The van der Waals surface area contributed by atoms with Gasteiger partial charge in [-0.15, -0.1) is 0 Å². The van der Waals surface area contributed by atoms with Gasteiger partial charge in [0.2, 0.25) is 0 Å². The number of hydrogen-bond acceptors (Lipinski definition) is 4. The Kier molecular flexibility index (Phi) is 2.40. The summed E-state index contributed by atoms with van der Waals surface area (Å²) in [5.41, 5.74) is -0.314. The van der Waals surface area contributed by atoms with Crippen molar-refractivity contribution >= 4 is 23.1 Å². The van der Waals surface area contributed by atoms with Crippen molar-refractivity contribution in [2.75, 3.05) is 0 Å². The maximum Gasteiger partial charge on any atom is 0.190 e. The number of fused-ring (bicyclic) bond motifs is 1. The Morgan fingerprint density at radius 3 is 1.50 bits per heavy atom. The highest BCUT2D eigenvalue weighted by atomic mass is 16.2. The molecule has 0 amide bonds. The van der Waals surface area contributed by atoms with Gasteiger partial charge >= 0.3 is 0 Å². The van der Waals surface area contributed by atoms with Gasteiger partial charge in [0.05, 0.1) is 11.1 Å². The maximum atomic E-state index is 12.3. The summed E-state index contributed by atoms with van der Waals surface area (Å²) in [5, 5.41) is 0. The minimum absolute atomic E-state index is 0.157. The van der Waals surface area contributed by atoms with Crippen LogP contribution in [0, 0.1) is 11.8 Å². The van der Waals surface area contributed by atoms with E-state index in [0.717, 1.165) is 25.0 Å². The molecule has 18 heavy (non-hydrogen) atoms. The molecule has 92 valence electrons. The lowest BCUT2D eigenvalue weighted by molar-refractivity contribution is -0.135. The molecule has 0 heterocycles. The van der Waals surface area contributed by atoms with E-state index in [2.05, 4.69) is 0 Å². The predicted octanol–water partition coefficient (Wildman–Crippen LogP) is 0.949. The first-order valence-corrected chi connectivity index (χ1v) is 6.20. The van der Waals surface area contributed by atoms with E-state index in [4.69, 9.17) is 0 Å². The number of rotatable bonds is 0. The van der Waals surface area contributed by atoms with Gasteiger partial charge in [0, 0.05) is 11.8 Å². The number of hydrogen-bond donors (Lipinski definition) is 0. The first-order chi connectivity index (χ1) is 8.61. The largest absolute Gasteiger partial charge is 0.294 e. The lowest BCUT2D eigenvalue weighted by Crippen LogP contribution is -2.43. The molecular formula is C14H12O4. The van der Waals surface area contributed by atoms with Crippen LogP contribution in [0.5, 0.6) is 0 Å². The standard InChI is InChI=1S/C14H12O4/c15-9-5-6-10(16)12-11(9)13(17)7-3-1-2-4-8(7)14(12)18/h5-8H,1-4H2/t7-,8+. The lowest BCUT2D eigenvalue weighted by atomic mass is 9.65. The molecule has 1 saturated carbocycles. The average molecular weight is 244 g/mol. The van der Waals surface area contributed by atoms with Gasteiger partial charge in [-0.25, -0.2) is 0 Å². The fourth-order valence-corrected chi connectivity index (χ4v) is 3.18. The van der Waals surface area contributed by atoms with Gasteiger partial charge in [0.15, 0.2) is 23.1 Å². The van der Waals surface area contributed by atoms with Crippen LogP contribution in [0.25, 0.3) is 0 Å². The van der Waals surface area contributed by atoms with E-state index < -0.39 is 11.6 Å². The van der Waals surface area contributed by atoms with E-state index in [1.165, 1.54) is 0 Å². The third-order valence-electron chi connectivity index (χ3n) is 4.06. The third-order valence-corrected chi connectivity index (χ3v) is 4.06. The van der Waals surface area contributed by atoms with Gasteiger partial charge in [-0.05, 0) is 25.0 Å². The Labute approximate surface area is 104 Å². The highest BCUT2D eigenvalue weighted by Crippen LogP contribution is 2.40. The van der Waals surface area contributed by atoms with E-state index >= 15 is 0 Å². The predicted molar refractivity (Wildman–Crippen MR) is 61.6 cm³/mol. The summed E-state index contributed by atoms with van der Waals surface area (Å²) in [6.45, 7) is 0. The summed E-state index contributed by atoms with van der Waals surface area (Å²) in [5.74, 6) is -2.34. The smallest absolute Gasteiger partial charge is 0.190 e. The number of allylic oxidation sites excluding steroid dienone is 4. The lowest BCUT2D eigenvalue weighted by Gasteiger charge is -2.34. The average Bonchev–Trinajstić information content (AvgIpc) is 2.38. The van der Waals surface area contributed by atoms with Crippen LogP contribution in [0.2, 0.25) is 0 Å². The second-order valence-electron chi connectivity index (χ2n) is 5.04. The summed E-state index contributed by atoms with van der Waals surface area (Å²) >= 11 is 0. The molecule has 0 bridgehead atoms. The highest BCUT2D eigenvalue weighted by molar-refractivity contribution is 6.42. The Bertz CT molecular complexity index is 502. The number of Topliss-reactive ketones (excluding diaryl/α,β-unsaturated/α-hetero) is 2. The molecule has 0 radical (unpaired) electrons. The van der Waals surface area contributed by atoms with Crippen LogP contribution < -0.4 is 0 Å². The number of carbonyl (C=O) groups excluding carboxylic acids is 4. The van der Waals surface area contributed by atoms with E-state index in [-0.39, 0.29) is 34.5 Å². The van der Waals surface area contributed by atoms with E-state index in [0.29, 0.717) is 12.8 Å². The topological polar surface area (TPSA) is 68.3 Å². The van der Waals surface area contributed by atoms with Crippen LogP contribution in [0.4, 0.5) is 0 Å². The Balaban J connectivity index is 2.15. The molecule has 3 aliphatic carbocycles. The van der Waals surface area contributed by atoms with Crippen LogP contribution in [-0.4, -0.2) is 23.1 Å². The fourth-order valence-electron chi connectivity index (χ4n) is 3.18. The monoisotopic (exact) mass is 244 g/mol. The van der Waals surface area contributed by atoms with Crippen molar-refractivity contribution in [3.05, 3.63) is 23.3 Å². The zero-order valence-electron chi connectivity index (χ0n) is 9.77. The molecule has 0 aromatic carbocycles. The molecule has 2 atom stereocenters. The molecule has 3 rings (SSSR count). The fraction of sp³-hybridized carbons (Fsp3) is 0.429. The molecule has 0 aliphatic heterocycles. The minimum Gasteiger partial charge on any atom is -0.294 e. The molecule has 0 unspecified atom stereocenters. The first kappa shape index (κ1) is 11.3. The summed E-state index contributed by atoms with van der Waals surface area (Å²) < 4.78 is 0. The molecule has 0 spiro atoms. The Morgan fingerprint density at radius 2 is 1.11 bits per heavy atom. The Morgan fingerprint density at radius 1 is 0.722 bits per heavy atom. The van der Waals surface area contributed by atoms with Gasteiger partial charge in [-0.1, -0.05) is 12.8 Å². The van der Waals surface area contributed by atoms with Gasteiger partial charge in [0.1, 0.15) is 0 Å². The van der Waals surface area contributed by atoms with Crippen LogP contribution in [-0.2, 0) is 19.2 Å². The van der Waals surface area contributed by atoms with E-state index in [9.17, 15) is 19.2 Å². The molecule has 3 aliphatic rings. The third kappa shape index (κ3) is 1.38. The number of ketones is 4. The molecular weight excluding hydrogens is 232 g/mol. The normalized spacial score (nSPS) is 31.6. The van der Waals surface area contributed by atoms with Crippen molar-refractivity contribution in [2.24, 2.45) is 11.8 Å². The SMILES string of the molecule is O=C1C=CC(=O)C2=C1C(=O)[C@H]1CCCC[C@H]1C2=O. The quantitative estimate of drug-likeness (QED) is 0.470. The zero-order valence-corrected chi connectivity index (χ0v) is 9.77. The van der Waals surface area contributed by atoms with Crippen molar-refractivity contribution in [3.8, 4) is 0 Å². The van der Waals surface area contributed by atoms with Crippen molar-refractivity contribution < 1.29 is 19.2 Å².